The highest BCUT2D eigenvalue weighted by molar-refractivity contribution is 5.82. The molecule has 0 fully saturated rings. The number of rotatable bonds is 9. The SMILES string of the molecule is CCOC(=O)CCCNC(=O)NC(CC(C)C)C(=O)O. The summed E-state index contributed by atoms with van der Waals surface area (Å²) in [5, 5.41) is 13.9. The molecule has 0 saturated heterocycles. The Morgan fingerprint density at radius 3 is 2.40 bits per heavy atom. The topological polar surface area (TPSA) is 105 Å². The van der Waals surface area contributed by atoms with Crippen molar-refractivity contribution < 1.29 is 24.2 Å². The van der Waals surface area contributed by atoms with Crippen LogP contribution in [0, 0.1) is 5.92 Å². The molecule has 0 radical (unpaired) electrons. The van der Waals surface area contributed by atoms with Crippen molar-refractivity contribution in [2.75, 3.05) is 13.2 Å². The Balaban J connectivity index is 3.91. The summed E-state index contributed by atoms with van der Waals surface area (Å²) in [5.74, 6) is -1.20. The number of carboxylic acid groups (broad SMARTS) is 1. The number of hydrogen-bond donors (Lipinski definition) is 3. The molecule has 0 bridgehead atoms. The van der Waals surface area contributed by atoms with Gasteiger partial charge in [0.25, 0.3) is 0 Å². The average molecular weight is 288 g/mol. The fraction of sp³-hybridized carbons (Fsp3) is 0.769. The minimum Gasteiger partial charge on any atom is -0.480 e. The van der Waals surface area contributed by atoms with Crippen molar-refractivity contribution in [1.29, 1.82) is 0 Å². The van der Waals surface area contributed by atoms with Crippen LogP contribution in [-0.2, 0) is 14.3 Å². The van der Waals surface area contributed by atoms with Gasteiger partial charge in [-0.3, -0.25) is 4.79 Å². The minimum atomic E-state index is -1.06. The first-order chi connectivity index (χ1) is 9.36. The van der Waals surface area contributed by atoms with Gasteiger partial charge >= 0.3 is 18.0 Å². The fourth-order valence-electron chi connectivity index (χ4n) is 1.57. The summed E-state index contributed by atoms with van der Waals surface area (Å²) in [6.45, 7) is 6.12. The van der Waals surface area contributed by atoms with Gasteiger partial charge in [0.2, 0.25) is 0 Å². The molecule has 1 atom stereocenters. The van der Waals surface area contributed by atoms with E-state index in [0.29, 0.717) is 26.0 Å². The van der Waals surface area contributed by atoms with E-state index in [1.54, 1.807) is 6.92 Å². The molecule has 7 heteroatoms. The van der Waals surface area contributed by atoms with Crippen LogP contribution < -0.4 is 10.6 Å². The summed E-state index contributed by atoms with van der Waals surface area (Å²) in [5.41, 5.74) is 0. The van der Waals surface area contributed by atoms with Crippen molar-refractivity contribution in [2.45, 2.75) is 46.1 Å². The molecule has 0 aliphatic rings. The first-order valence-electron chi connectivity index (χ1n) is 6.79. The normalized spacial score (nSPS) is 11.8. The van der Waals surface area contributed by atoms with E-state index in [1.807, 2.05) is 13.8 Å². The summed E-state index contributed by atoms with van der Waals surface area (Å²) in [6.07, 6.45) is 1.04. The Kier molecular flexibility index (Phi) is 9.15. The number of hydrogen-bond acceptors (Lipinski definition) is 4. The highest BCUT2D eigenvalue weighted by Gasteiger charge is 2.20. The van der Waals surface area contributed by atoms with Crippen molar-refractivity contribution in [3.05, 3.63) is 0 Å². The molecule has 3 N–H and O–H groups in total. The van der Waals surface area contributed by atoms with E-state index in [0.717, 1.165) is 0 Å². The quantitative estimate of drug-likeness (QED) is 0.436. The van der Waals surface area contributed by atoms with Gasteiger partial charge in [-0.1, -0.05) is 13.8 Å². The average Bonchev–Trinajstić information content (AvgIpc) is 2.33. The molecule has 1 unspecified atom stereocenters. The highest BCUT2D eigenvalue weighted by atomic mass is 16.5. The molecule has 0 spiro atoms. The molecular weight excluding hydrogens is 264 g/mol. The lowest BCUT2D eigenvalue weighted by Crippen LogP contribution is -2.46. The second-order valence-electron chi connectivity index (χ2n) is 4.83. The smallest absolute Gasteiger partial charge is 0.326 e. The van der Waals surface area contributed by atoms with Crippen LogP contribution >= 0.6 is 0 Å². The van der Waals surface area contributed by atoms with Gasteiger partial charge < -0.3 is 20.5 Å². The third-order valence-corrected chi connectivity index (χ3v) is 2.46. The van der Waals surface area contributed by atoms with Gasteiger partial charge in [-0.2, -0.15) is 0 Å². The lowest BCUT2D eigenvalue weighted by atomic mass is 10.0. The second-order valence-corrected chi connectivity index (χ2v) is 4.83. The molecule has 0 aliphatic carbocycles. The number of ether oxygens (including phenoxy) is 1. The van der Waals surface area contributed by atoms with Gasteiger partial charge in [-0.15, -0.1) is 0 Å². The monoisotopic (exact) mass is 288 g/mol. The van der Waals surface area contributed by atoms with Crippen LogP contribution in [0.1, 0.15) is 40.0 Å². The Labute approximate surface area is 119 Å². The first kappa shape index (κ1) is 18.2. The lowest BCUT2D eigenvalue weighted by Gasteiger charge is -2.16. The van der Waals surface area contributed by atoms with Crippen LogP contribution in [0.25, 0.3) is 0 Å². The van der Waals surface area contributed by atoms with E-state index in [-0.39, 0.29) is 18.3 Å². The molecule has 2 amide bonds. The van der Waals surface area contributed by atoms with Crippen molar-refractivity contribution in [3.8, 4) is 0 Å². The summed E-state index contributed by atoms with van der Waals surface area (Å²) in [4.78, 5) is 33.5. The van der Waals surface area contributed by atoms with E-state index in [9.17, 15) is 14.4 Å². The Hall–Kier alpha value is -1.79. The van der Waals surface area contributed by atoms with Gasteiger partial charge in [0.1, 0.15) is 6.04 Å². The number of aliphatic carboxylic acids is 1. The predicted molar refractivity (Wildman–Crippen MR) is 73.3 cm³/mol. The number of esters is 1. The molecule has 20 heavy (non-hydrogen) atoms. The number of urea groups is 1. The summed E-state index contributed by atoms with van der Waals surface area (Å²) in [6, 6.07) is -1.44. The molecule has 0 rings (SSSR count). The maximum Gasteiger partial charge on any atom is 0.326 e. The Bertz CT molecular complexity index is 331. The third-order valence-electron chi connectivity index (χ3n) is 2.46. The zero-order valence-corrected chi connectivity index (χ0v) is 12.3. The maximum absolute atomic E-state index is 11.5. The molecule has 0 aromatic rings. The van der Waals surface area contributed by atoms with E-state index in [2.05, 4.69) is 10.6 Å². The second kappa shape index (κ2) is 10.1. The molecule has 0 aromatic carbocycles. The number of carboxylic acids is 1. The number of amides is 2. The summed E-state index contributed by atoms with van der Waals surface area (Å²) >= 11 is 0. The van der Waals surface area contributed by atoms with Crippen LogP contribution in [0.5, 0.6) is 0 Å². The van der Waals surface area contributed by atoms with E-state index >= 15 is 0 Å². The summed E-state index contributed by atoms with van der Waals surface area (Å²) < 4.78 is 4.74. The Morgan fingerprint density at radius 2 is 1.90 bits per heavy atom. The molecule has 116 valence electrons. The van der Waals surface area contributed by atoms with Crippen LogP contribution in [0.4, 0.5) is 4.79 Å². The van der Waals surface area contributed by atoms with Crippen molar-refractivity contribution in [1.82, 2.24) is 10.6 Å². The van der Waals surface area contributed by atoms with Crippen LogP contribution in [0.3, 0.4) is 0 Å². The van der Waals surface area contributed by atoms with Crippen molar-refractivity contribution in [2.24, 2.45) is 5.92 Å². The zero-order chi connectivity index (χ0) is 15.5. The van der Waals surface area contributed by atoms with E-state index < -0.39 is 18.0 Å². The van der Waals surface area contributed by atoms with Gasteiger partial charge in [0, 0.05) is 13.0 Å². The molecule has 0 aromatic heterocycles. The third kappa shape index (κ3) is 9.18. The summed E-state index contributed by atoms with van der Waals surface area (Å²) in [7, 11) is 0. The fourth-order valence-corrected chi connectivity index (χ4v) is 1.57. The van der Waals surface area contributed by atoms with Crippen LogP contribution in [0.15, 0.2) is 0 Å². The number of carbonyl (C=O) groups is 3. The van der Waals surface area contributed by atoms with Gasteiger partial charge in [-0.05, 0) is 25.7 Å². The van der Waals surface area contributed by atoms with E-state index in [1.165, 1.54) is 0 Å². The van der Waals surface area contributed by atoms with Gasteiger partial charge in [0.05, 0.1) is 6.61 Å². The lowest BCUT2D eigenvalue weighted by molar-refractivity contribution is -0.143. The largest absolute Gasteiger partial charge is 0.480 e. The molecule has 0 aliphatic heterocycles. The van der Waals surface area contributed by atoms with Gasteiger partial charge in [-0.25, -0.2) is 9.59 Å². The van der Waals surface area contributed by atoms with E-state index in [4.69, 9.17) is 9.84 Å². The maximum atomic E-state index is 11.5. The van der Waals surface area contributed by atoms with Crippen molar-refractivity contribution in [3.63, 3.8) is 0 Å². The molecule has 0 heterocycles. The van der Waals surface area contributed by atoms with Crippen molar-refractivity contribution >= 4 is 18.0 Å². The molecule has 0 saturated carbocycles. The number of nitrogens with one attached hydrogen (secondary N) is 2. The molecule has 7 nitrogen and oxygen atoms in total. The first-order valence-corrected chi connectivity index (χ1v) is 6.79. The highest BCUT2D eigenvalue weighted by Crippen LogP contribution is 2.04. The number of carbonyl (C=O) groups excluding carboxylic acids is 2. The standard InChI is InChI=1S/C13H24N2O5/c1-4-20-11(16)6-5-7-14-13(19)15-10(12(17)18)8-9(2)3/h9-10H,4-8H2,1-3H3,(H,17,18)(H2,14,15,19). The van der Waals surface area contributed by atoms with Crippen LogP contribution in [-0.4, -0.2) is 42.3 Å². The minimum absolute atomic E-state index is 0.167. The Morgan fingerprint density at radius 1 is 1.25 bits per heavy atom. The predicted octanol–water partition coefficient (Wildman–Crippen LogP) is 1.13. The molecular formula is C13H24N2O5. The zero-order valence-electron chi connectivity index (χ0n) is 12.3. The van der Waals surface area contributed by atoms with Gasteiger partial charge in [0.15, 0.2) is 0 Å². The van der Waals surface area contributed by atoms with Crippen LogP contribution in [0.2, 0.25) is 0 Å².